The molecule has 0 saturated carbocycles. The average molecular weight is 367 g/mol. The van der Waals surface area contributed by atoms with Gasteiger partial charge in [0.05, 0.1) is 17.9 Å². The van der Waals surface area contributed by atoms with Crippen molar-refractivity contribution in [2.24, 2.45) is 0 Å². The van der Waals surface area contributed by atoms with Gasteiger partial charge in [-0.25, -0.2) is 4.39 Å². The highest BCUT2D eigenvalue weighted by Crippen LogP contribution is 2.25. The number of hydrogen-bond donors (Lipinski definition) is 3. The van der Waals surface area contributed by atoms with Gasteiger partial charge >= 0.3 is 6.61 Å². The Bertz CT molecular complexity index is 800. The first kappa shape index (κ1) is 19.1. The van der Waals surface area contributed by atoms with Crippen LogP contribution in [0.1, 0.15) is 6.92 Å². The Hall–Kier alpha value is -3.23. The molecule has 0 spiro atoms. The molecule has 26 heavy (non-hydrogen) atoms. The second kappa shape index (κ2) is 8.75. The molecule has 0 bridgehead atoms. The summed E-state index contributed by atoms with van der Waals surface area (Å²) in [6.07, 6.45) is 0. The molecule has 9 heteroatoms. The molecule has 0 saturated heterocycles. The highest BCUT2D eigenvalue weighted by Gasteiger charge is 2.12. The van der Waals surface area contributed by atoms with Gasteiger partial charge in [-0.05, 0) is 30.3 Å². The Morgan fingerprint density at radius 2 is 1.81 bits per heavy atom. The monoisotopic (exact) mass is 367 g/mol. The number of amides is 2. The number of halogens is 3. The van der Waals surface area contributed by atoms with E-state index in [-0.39, 0.29) is 29.6 Å². The fourth-order valence-corrected chi connectivity index (χ4v) is 2.08. The molecular formula is C17H16F3N3O3. The number of anilines is 3. The van der Waals surface area contributed by atoms with Gasteiger partial charge in [-0.15, -0.1) is 0 Å². The Balaban J connectivity index is 2.00. The van der Waals surface area contributed by atoms with Crippen molar-refractivity contribution in [1.29, 1.82) is 0 Å². The number of alkyl halides is 2. The molecule has 0 aliphatic carbocycles. The molecule has 6 nitrogen and oxygen atoms in total. The van der Waals surface area contributed by atoms with Crippen LogP contribution in [-0.2, 0) is 9.59 Å². The first-order chi connectivity index (χ1) is 12.3. The van der Waals surface area contributed by atoms with E-state index in [1.807, 2.05) is 0 Å². The van der Waals surface area contributed by atoms with Gasteiger partial charge in [0.1, 0.15) is 11.6 Å². The summed E-state index contributed by atoms with van der Waals surface area (Å²) < 4.78 is 42.8. The predicted molar refractivity (Wildman–Crippen MR) is 90.9 cm³/mol. The molecule has 138 valence electrons. The summed E-state index contributed by atoms with van der Waals surface area (Å²) in [5.41, 5.74) is 0.424. The lowest BCUT2D eigenvalue weighted by atomic mass is 10.2. The highest BCUT2D eigenvalue weighted by molar-refractivity contribution is 5.95. The Labute approximate surface area is 147 Å². The van der Waals surface area contributed by atoms with Crippen LogP contribution in [-0.4, -0.2) is 25.0 Å². The third-order valence-electron chi connectivity index (χ3n) is 3.10. The van der Waals surface area contributed by atoms with Crippen LogP contribution in [0.5, 0.6) is 5.75 Å². The van der Waals surface area contributed by atoms with Crippen LogP contribution in [0.2, 0.25) is 0 Å². The van der Waals surface area contributed by atoms with Gasteiger partial charge in [0.25, 0.3) is 0 Å². The SMILES string of the molecule is CC(=O)Nc1ccc(F)c(NCC(=O)Nc2ccccc2OC(F)F)c1. The van der Waals surface area contributed by atoms with Gasteiger partial charge in [-0.2, -0.15) is 8.78 Å². The van der Waals surface area contributed by atoms with Crippen LogP contribution < -0.4 is 20.7 Å². The molecule has 3 N–H and O–H groups in total. The van der Waals surface area contributed by atoms with E-state index in [9.17, 15) is 22.8 Å². The summed E-state index contributed by atoms with van der Waals surface area (Å²) in [7, 11) is 0. The number of benzene rings is 2. The first-order valence-electron chi connectivity index (χ1n) is 7.50. The summed E-state index contributed by atoms with van der Waals surface area (Å²) in [5.74, 6) is -1.72. The molecular weight excluding hydrogens is 351 g/mol. The van der Waals surface area contributed by atoms with Crippen molar-refractivity contribution >= 4 is 28.9 Å². The number of nitrogens with one attached hydrogen (secondary N) is 3. The van der Waals surface area contributed by atoms with Crippen molar-refractivity contribution in [3.8, 4) is 5.75 Å². The standard InChI is InChI=1S/C17H16F3N3O3/c1-10(24)22-11-6-7-12(18)14(8-11)21-9-16(25)23-13-4-2-3-5-15(13)26-17(19)20/h2-8,17,21H,9H2,1H3,(H,22,24)(H,23,25). The second-order valence-electron chi connectivity index (χ2n) is 5.15. The van der Waals surface area contributed by atoms with E-state index in [0.29, 0.717) is 5.69 Å². The Morgan fingerprint density at radius 3 is 2.50 bits per heavy atom. The fraction of sp³-hybridized carbons (Fsp3) is 0.176. The summed E-state index contributed by atoms with van der Waals surface area (Å²) in [5, 5.41) is 7.47. The zero-order valence-electron chi connectivity index (χ0n) is 13.7. The van der Waals surface area contributed by atoms with Crippen molar-refractivity contribution < 1.29 is 27.5 Å². The van der Waals surface area contributed by atoms with E-state index in [4.69, 9.17) is 0 Å². The Kier molecular flexibility index (Phi) is 6.42. The fourth-order valence-electron chi connectivity index (χ4n) is 2.08. The lowest BCUT2D eigenvalue weighted by molar-refractivity contribution is -0.115. The van der Waals surface area contributed by atoms with Crippen LogP contribution >= 0.6 is 0 Å². The number of carbonyl (C=O) groups is 2. The van der Waals surface area contributed by atoms with Crippen LogP contribution in [0.25, 0.3) is 0 Å². The van der Waals surface area contributed by atoms with Crippen molar-refractivity contribution in [3.05, 3.63) is 48.3 Å². The van der Waals surface area contributed by atoms with E-state index in [1.165, 1.54) is 43.3 Å². The molecule has 0 fully saturated rings. The van der Waals surface area contributed by atoms with E-state index in [2.05, 4.69) is 20.7 Å². The predicted octanol–water partition coefficient (Wildman–Crippen LogP) is 3.44. The van der Waals surface area contributed by atoms with Crippen LogP contribution in [0.3, 0.4) is 0 Å². The van der Waals surface area contributed by atoms with Crippen LogP contribution in [0.15, 0.2) is 42.5 Å². The molecule has 2 rings (SSSR count). The third kappa shape index (κ3) is 5.69. The molecule has 0 atom stereocenters. The molecule has 0 radical (unpaired) electrons. The van der Waals surface area contributed by atoms with Gasteiger partial charge in [0.2, 0.25) is 11.8 Å². The maximum Gasteiger partial charge on any atom is 0.387 e. The van der Waals surface area contributed by atoms with Gasteiger partial charge in [-0.1, -0.05) is 12.1 Å². The second-order valence-corrected chi connectivity index (χ2v) is 5.15. The maximum absolute atomic E-state index is 13.8. The van der Waals surface area contributed by atoms with E-state index >= 15 is 0 Å². The molecule has 2 aromatic carbocycles. The normalized spacial score (nSPS) is 10.3. The first-order valence-corrected chi connectivity index (χ1v) is 7.50. The minimum absolute atomic E-state index is 0.00326. The van der Waals surface area contributed by atoms with Crippen molar-refractivity contribution in [2.45, 2.75) is 13.5 Å². The van der Waals surface area contributed by atoms with E-state index < -0.39 is 18.3 Å². The smallest absolute Gasteiger partial charge is 0.387 e. The van der Waals surface area contributed by atoms with Gasteiger partial charge in [0, 0.05) is 12.6 Å². The summed E-state index contributed by atoms with van der Waals surface area (Å²) in [6.45, 7) is -2.05. The molecule has 2 aromatic rings. The van der Waals surface area contributed by atoms with Gasteiger partial charge in [0.15, 0.2) is 0 Å². The molecule has 0 heterocycles. The van der Waals surface area contributed by atoms with E-state index in [0.717, 1.165) is 6.07 Å². The number of carbonyl (C=O) groups excluding carboxylic acids is 2. The molecule has 0 aliphatic heterocycles. The zero-order valence-corrected chi connectivity index (χ0v) is 13.7. The highest BCUT2D eigenvalue weighted by atomic mass is 19.3. The summed E-state index contributed by atoms with van der Waals surface area (Å²) in [6, 6.07) is 9.54. The average Bonchev–Trinajstić information content (AvgIpc) is 2.56. The van der Waals surface area contributed by atoms with Gasteiger partial charge in [-0.3, -0.25) is 9.59 Å². The lowest BCUT2D eigenvalue weighted by Crippen LogP contribution is -2.22. The maximum atomic E-state index is 13.8. The largest absolute Gasteiger partial charge is 0.433 e. The number of rotatable bonds is 7. The number of ether oxygens (including phenoxy) is 1. The van der Waals surface area contributed by atoms with Crippen molar-refractivity contribution in [3.63, 3.8) is 0 Å². The number of para-hydroxylation sites is 2. The summed E-state index contributed by atoms with van der Waals surface area (Å²) in [4.78, 5) is 23.0. The minimum atomic E-state index is -3.03. The van der Waals surface area contributed by atoms with Crippen molar-refractivity contribution in [2.75, 3.05) is 22.5 Å². The topological polar surface area (TPSA) is 79.5 Å². The van der Waals surface area contributed by atoms with Crippen LogP contribution in [0.4, 0.5) is 30.2 Å². The van der Waals surface area contributed by atoms with Crippen molar-refractivity contribution in [1.82, 2.24) is 0 Å². The van der Waals surface area contributed by atoms with Crippen LogP contribution in [0, 0.1) is 5.82 Å². The summed E-state index contributed by atoms with van der Waals surface area (Å²) >= 11 is 0. The molecule has 0 unspecified atom stereocenters. The zero-order chi connectivity index (χ0) is 19.1. The molecule has 0 aromatic heterocycles. The minimum Gasteiger partial charge on any atom is -0.433 e. The third-order valence-corrected chi connectivity index (χ3v) is 3.10. The quantitative estimate of drug-likeness (QED) is 0.701. The van der Waals surface area contributed by atoms with E-state index in [1.54, 1.807) is 0 Å². The Morgan fingerprint density at radius 1 is 1.08 bits per heavy atom. The van der Waals surface area contributed by atoms with Gasteiger partial charge < -0.3 is 20.7 Å². The molecule has 0 aliphatic rings. The number of hydrogen-bond acceptors (Lipinski definition) is 4. The lowest BCUT2D eigenvalue weighted by Gasteiger charge is -2.13. The molecule has 2 amide bonds.